The summed E-state index contributed by atoms with van der Waals surface area (Å²) in [5.41, 5.74) is 0. The fourth-order valence-corrected chi connectivity index (χ4v) is 2.51. The van der Waals surface area contributed by atoms with E-state index < -0.39 is 0 Å². The number of Topliss-reactive ketones (excluding diaryl/α,β-unsaturated/α-hetero) is 1. The minimum atomic E-state index is 0.196. The van der Waals surface area contributed by atoms with E-state index >= 15 is 0 Å². The van der Waals surface area contributed by atoms with Crippen LogP contribution in [0.2, 0.25) is 0 Å². The first kappa shape index (κ1) is 11.6. The molecular weight excluding hydrogens is 204 g/mol. The molecule has 1 unspecified atom stereocenters. The van der Waals surface area contributed by atoms with Gasteiger partial charge in [0.1, 0.15) is 5.78 Å². The molecule has 0 spiro atoms. The van der Waals surface area contributed by atoms with Crippen molar-refractivity contribution in [2.75, 3.05) is 26.2 Å². The molecule has 0 aromatic heterocycles. The van der Waals surface area contributed by atoms with Crippen LogP contribution in [0.4, 0.5) is 0 Å². The van der Waals surface area contributed by atoms with Crippen LogP contribution in [0.15, 0.2) is 0 Å². The Morgan fingerprint density at radius 2 is 2.00 bits per heavy atom. The van der Waals surface area contributed by atoms with Crippen LogP contribution < -0.4 is 0 Å². The number of nitrogens with zero attached hydrogens (tertiary/aromatic N) is 2. The van der Waals surface area contributed by atoms with Gasteiger partial charge in [-0.05, 0) is 26.3 Å². The third kappa shape index (κ3) is 2.61. The van der Waals surface area contributed by atoms with Gasteiger partial charge in [-0.2, -0.15) is 0 Å². The lowest BCUT2D eigenvalue weighted by atomic mass is 10.1. The molecule has 16 heavy (non-hydrogen) atoms. The summed E-state index contributed by atoms with van der Waals surface area (Å²) >= 11 is 0. The normalized spacial score (nSPS) is 27.4. The van der Waals surface area contributed by atoms with Crippen molar-refractivity contribution in [1.29, 1.82) is 0 Å². The summed E-state index contributed by atoms with van der Waals surface area (Å²) in [5.74, 6) is 0.486. The zero-order chi connectivity index (χ0) is 11.5. The molecule has 1 amide bonds. The maximum atomic E-state index is 12.0. The second kappa shape index (κ2) is 4.95. The maximum absolute atomic E-state index is 12.0. The molecular formula is C12H20N2O2. The highest BCUT2D eigenvalue weighted by Gasteiger charge is 2.26. The summed E-state index contributed by atoms with van der Waals surface area (Å²) in [6.07, 6.45) is 3.49. The number of ketones is 1. The van der Waals surface area contributed by atoms with E-state index in [0.29, 0.717) is 44.3 Å². The van der Waals surface area contributed by atoms with Gasteiger partial charge < -0.3 is 4.90 Å². The van der Waals surface area contributed by atoms with Gasteiger partial charge in [0.25, 0.3) is 0 Å². The zero-order valence-electron chi connectivity index (χ0n) is 9.95. The first-order valence-electron chi connectivity index (χ1n) is 6.20. The number of hydrogen-bond acceptors (Lipinski definition) is 3. The first-order valence-corrected chi connectivity index (χ1v) is 6.20. The van der Waals surface area contributed by atoms with E-state index in [0.717, 1.165) is 6.54 Å². The van der Waals surface area contributed by atoms with Crippen molar-refractivity contribution < 1.29 is 9.59 Å². The van der Waals surface area contributed by atoms with Gasteiger partial charge >= 0.3 is 0 Å². The minimum Gasteiger partial charge on any atom is -0.341 e. The summed E-state index contributed by atoms with van der Waals surface area (Å²) in [5, 5.41) is 0. The number of likely N-dealkylation sites (tertiary alicyclic amines) is 2. The number of hydrogen-bond donors (Lipinski definition) is 0. The van der Waals surface area contributed by atoms with Crippen molar-refractivity contribution in [3.05, 3.63) is 0 Å². The third-order valence-corrected chi connectivity index (χ3v) is 3.70. The lowest BCUT2D eigenvalue weighted by molar-refractivity contribution is -0.135. The standard InChI is InChI=1S/C12H20N2O2/c1-10-3-2-6-14(10)9-12(16)13-7-4-11(15)5-8-13/h10H,2-9H2,1H3. The molecule has 1 atom stereocenters. The van der Waals surface area contributed by atoms with Crippen molar-refractivity contribution in [3.63, 3.8) is 0 Å². The predicted molar refractivity (Wildman–Crippen MR) is 61.1 cm³/mol. The Morgan fingerprint density at radius 1 is 1.31 bits per heavy atom. The van der Waals surface area contributed by atoms with Crippen molar-refractivity contribution in [2.24, 2.45) is 0 Å². The van der Waals surface area contributed by atoms with E-state index in [1.807, 2.05) is 4.90 Å². The highest BCUT2D eigenvalue weighted by molar-refractivity contribution is 5.84. The Bertz CT molecular complexity index is 281. The van der Waals surface area contributed by atoms with Gasteiger partial charge in [-0.3, -0.25) is 14.5 Å². The molecule has 0 aliphatic carbocycles. The Labute approximate surface area is 96.6 Å². The molecule has 2 fully saturated rings. The van der Waals surface area contributed by atoms with Crippen LogP contribution in [0.1, 0.15) is 32.6 Å². The first-order chi connectivity index (χ1) is 7.66. The Hall–Kier alpha value is -0.900. The summed E-state index contributed by atoms with van der Waals surface area (Å²) in [7, 11) is 0. The Balaban J connectivity index is 1.81. The summed E-state index contributed by atoms with van der Waals surface area (Å²) in [4.78, 5) is 27.1. The predicted octanol–water partition coefficient (Wildman–Crippen LogP) is 0.662. The van der Waals surface area contributed by atoms with Crippen LogP contribution in [0.25, 0.3) is 0 Å². The second-order valence-corrected chi connectivity index (χ2v) is 4.88. The fraction of sp³-hybridized carbons (Fsp3) is 0.833. The summed E-state index contributed by atoms with van der Waals surface area (Å²) in [6.45, 7) is 5.01. The lowest BCUT2D eigenvalue weighted by Crippen LogP contribution is -2.45. The largest absolute Gasteiger partial charge is 0.341 e. The smallest absolute Gasteiger partial charge is 0.236 e. The van der Waals surface area contributed by atoms with Crippen LogP contribution in [0.5, 0.6) is 0 Å². The Morgan fingerprint density at radius 3 is 2.56 bits per heavy atom. The van der Waals surface area contributed by atoms with Crippen LogP contribution in [-0.2, 0) is 9.59 Å². The molecule has 2 rings (SSSR count). The molecule has 0 radical (unpaired) electrons. The van der Waals surface area contributed by atoms with Gasteiger partial charge in [0.2, 0.25) is 5.91 Å². The molecule has 90 valence electrons. The number of amides is 1. The monoisotopic (exact) mass is 224 g/mol. The molecule has 2 heterocycles. The number of carbonyl (C=O) groups excluding carboxylic acids is 2. The number of rotatable bonds is 2. The molecule has 2 aliphatic rings. The van der Waals surface area contributed by atoms with Crippen LogP contribution in [0, 0.1) is 0 Å². The van der Waals surface area contributed by atoms with Crippen LogP contribution >= 0.6 is 0 Å². The van der Waals surface area contributed by atoms with Gasteiger partial charge in [-0.1, -0.05) is 0 Å². The van der Waals surface area contributed by atoms with E-state index in [2.05, 4.69) is 11.8 Å². The highest BCUT2D eigenvalue weighted by Crippen LogP contribution is 2.16. The summed E-state index contributed by atoms with van der Waals surface area (Å²) < 4.78 is 0. The quantitative estimate of drug-likeness (QED) is 0.692. The van der Waals surface area contributed by atoms with Crippen molar-refractivity contribution in [3.8, 4) is 0 Å². The van der Waals surface area contributed by atoms with E-state index in [-0.39, 0.29) is 5.91 Å². The van der Waals surface area contributed by atoms with Crippen LogP contribution in [-0.4, -0.2) is 53.7 Å². The highest BCUT2D eigenvalue weighted by atomic mass is 16.2. The fourth-order valence-electron chi connectivity index (χ4n) is 2.51. The Kier molecular flexibility index (Phi) is 3.59. The molecule has 2 aliphatic heterocycles. The molecule has 0 aromatic carbocycles. The van der Waals surface area contributed by atoms with E-state index in [1.165, 1.54) is 12.8 Å². The van der Waals surface area contributed by atoms with Gasteiger partial charge in [0.05, 0.1) is 6.54 Å². The molecule has 0 aromatic rings. The lowest BCUT2D eigenvalue weighted by Gasteiger charge is -2.29. The van der Waals surface area contributed by atoms with Gasteiger partial charge in [-0.25, -0.2) is 0 Å². The molecule has 4 heteroatoms. The molecule has 0 bridgehead atoms. The molecule has 0 N–H and O–H groups in total. The maximum Gasteiger partial charge on any atom is 0.236 e. The average Bonchev–Trinajstić information content (AvgIpc) is 2.65. The van der Waals surface area contributed by atoms with E-state index in [4.69, 9.17) is 0 Å². The van der Waals surface area contributed by atoms with Crippen molar-refractivity contribution in [2.45, 2.75) is 38.6 Å². The van der Waals surface area contributed by atoms with Crippen molar-refractivity contribution >= 4 is 11.7 Å². The number of carbonyl (C=O) groups is 2. The SMILES string of the molecule is CC1CCCN1CC(=O)N1CCC(=O)CC1. The molecule has 0 saturated carbocycles. The third-order valence-electron chi connectivity index (χ3n) is 3.70. The van der Waals surface area contributed by atoms with Crippen molar-refractivity contribution in [1.82, 2.24) is 9.80 Å². The minimum absolute atomic E-state index is 0.196. The number of piperidine rings is 1. The van der Waals surface area contributed by atoms with Crippen LogP contribution in [0.3, 0.4) is 0 Å². The average molecular weight is 224 g/mol. The van der Waals surface area contributed by atoms with Gasteiger partial charge in [-0.15, -0.1) is 0 Å². The molecule has 2 saturated heterocycles. The van der Waals surface area contributed by atoms with E-state index in [1.54, 1.807) is 0 Å². The van der Waals surface area contributed by atoms with Gasteiger partial charge in [0, 0.05) is 32.0 Å². The molecule has 4 nitrogen and oxygen atoms in total. The van der Waals surface area contributed by atoms with Gasteiger partial charge in [0.15, 0.2) is 0 Å². The summed E-state index contributed by atoms with van der Waals surface area (Å²) in [6, 6.07) is 0.537. The van der Waals surface area contributed by atoms with E-state index in [9.17, 15) is 9.59 Å². The second-order valence-electron chi connectivity index (χ2n) is 4.88. The topological polar surface area (TPSA) is 40.6 Å². The zero-order valence-corrected chi connectivity index (χ0v) is 9.95.